The van der Waals surface area contributed by atoms with Gasteiger partial charge in [-0.15, -0.1) is 11.3 Å². The van der Waals surface area contributed by atoms with Crippen molar-refractivity contribution in [1.82, 2.24) is 15.0 Å². The van der Waals surface area contributed by atoms with Crippen LogP contribution in [-0.2, 0) is 0 Å². The summed E-state index contributed by atoms with van der Waals surface area (Å²) in [6.07, 6.45) is 0. The lowest BCUT2D eigenvalue weighted by Gasteiger charge is -2.03. The Hall–Kier alpha value is -0.760. The molecule has 2 N–H and O–H groups in total. The maximum absolute atomic E-state index is 5.78. The van der Waals surface area contributed by atoms with Gasteiger partial charge in [0.15, 0.2) is 10.8 Å². The smallest absolute Gasteiger partial charge is 0.190 e. The number of nitrogens with two attached hydrogens (primary N) is 1. The Balaban J connectivity index is 2.55. The van der Waals surface area contributed by atoms with E-state index in [0.717, 1.165) is 20.0 Å². The van der Waals surface area contributed by atoms with Gasteiger partial charge in [0, 0.05) is 11.1 Å². The van der Waals surface area contributed by atoms with E-state index in [1.54, 1.807) is 0 Å². The second-order valence-corrected chi connectivity index (χ2v) is 5.06. The molecule has 0 aliphatic rings. The highest BCUT2D eigenvalue weighted by molar-refractivity contribution is 14.1. The molecule has 0 unspecified atom stereocenters. The number of hydrogen-bond acceptors (Lipinski definition) is 5. The van der Waals surface area contributed by atoms with Crippen molar-refractivity contribution in [3.8, 4) is 10.8 Å². The topological polar surface area (TPSA) is 64.7 Å². The Morgan fingerprint density at radius 3 is 2.53 bits per heavy atom. The zero-order chi connectivity index (χ0) is 11.0. The minimum atomic E-state index is 0.519. The number of halogens is 1. The molecule has 0 bridgehead atoms. The summed E-state index contributed by atoms with van der Waals surface area (Å²) >= 11 is 3.67. The fourth-order valence-electron chi connectivity index (χ4n) is 1.13. The van der Waals surface area contributed by atoms with Gasteiger partial charge in [0.2, 0.25) is 0 Å². The van der Waals surface area contributed by atoms with Gasteiger partial charge in [-0.2, -0.15) is 0 Å². The average molecular weight is 332 g/mol. The SMILES string of the molecule is Cc1csc(-c2nc(C)c(I)c(N)n2)n1. The molecular weight excluding hydrogens is 323 g/mol. The molecule has 0 saturated carbocycles. The van der Waals surface area contributed by atoms with Gasteiger partial charge in [0.05, 0.1) is 9.26 Å². The van der Waals surface area contributed by atoms with Gasteiger partial charge in [-0.3, -0.25) is 0 Å². The lowest BCUT2D eigenvalue weighted by Crippen LogP contribution is -2.01. The minimum Gasteiger partial charge on any atom is -0.383 e. The maximum Gasteiger partial charge on any atom is 0.190 e. The number of thiazole rings is 1. The van der Waals surface area contributed by atoms with Crippen molar-refractivity contribution in [2.75, 3.05) is 5.73 Å². The van der Waals surface area contributed by atoms with Gasteiger partial charge in [0.25, 0.3) is 0 Å². The first kappa shape index (κ1) is 10.7. The molecule has 4 nitrogen and oxygen atoms in total. The van der Waals surface area contributed by atoms with Crippen LogP contribution in [0.4, 0.5) is 5.82 Å². The van der Waals surface area contributed by atoms with E-state index in [2.05, 4.69) is 37.5 Å². The zero-order valence-electron chi connectivity index (χ0n) is 8.28. The molecule has 0 spiro atoms. The van der Waals surface area contributed by atoms with Crippen LogP contribution in [0.5, 0.6) is 0 Å². The Bertz CT molecular complexity index is 486. The van der Waals surface area contributed by atoms with Crippen molar-refractivity contribution in [2.45, 2.75) is 13.8 Å². The first-order valence-electron chi connectivity index (χ1n) is 4.30. The fourth-order valence-corrected chi connectivity index (χ4v) is 2.10. The van der Waals surface area contributed by atoms with Crippen LogP contribution in [-0.4, -0.2) is 15.0 Å². The monoisotopic (exact) mass is 332 g/mol. The molecule has 0 aliphatic heterocycles. The van der Waals surface area contributed by atoms with Gasteiger partial charge < -0.3 is 5.73 Å². The Morgan fingerprint density at radius 2 is 2.00 bits per heavy atom. The third-order valence-corrected chi connectivity index (χ3v) is 4.14. The van der Waals surface area contributed by atoms with E-state index in [4.69, 9.17) is 5.73 Å². The molecule has 0 aromatic carbocycles. The van der Waals surface area contributed by atoms with E-state index in [9.17, 15) is 0 Å². The predicted octanol–water partition coefficient (Wildman–Crippen LogP) is 2.40. The quantitative estimate of drug-likeness (QED) is 0.815. The lowest BCUT2D eigenvalue weighted by atomic mass is 10.4. The summed E-state index contributed by atoms with van der Waals surface area (Å²) in [5.41, 5.74) is 7.66. The van der Waals surface area contributed by atoms with Crippen LogP contribution < -0.4 is 5.73 Å². The van der Waals surface area contributed by atoms with Crippen LogP contribution in [0.15, 0.2) is 5.38 Å². The molecule has 0 aliphatic carbocycles. The molecule has 0 atom stereocenters. The van der Waals surface area contributed by atoms with E-state index in [1.165, 1.54) is 11.3 Å². The van der Waals surface area contributed by atoms with Crippen molar-refractivity contribution in [2.24, 2.45) is 0 Å². The van der Waals surface area contributed by atoms with E-state index in [-0.39, 0.29) is 0 Å². The van der Waals surface area contributed by atoms with E-state index in [0.29, 0.717) is 11.6 Å². The van der Waals surface area contributed by atoms with Crippen molar-refractivity contribution in [3.05, 3.63) is 20.3 Å². The summed E-state index contributed by atoms with van der Waals surface area (Å²) in [5.74, 6) is 1.13. The van der Waals surface area contributed by atoms with E-state index in [1.807, 2.05) is 19.2 Å². The van der Waals surface area contributed by atoms with Gasteiger partial charge in [-0.1, -0.05) is 0 Å². The third-order valence-electron chi connectivity index (χ3n) is 1.85. The molecule has 0 saturated heterocycles. The van der Waals surface area contributed by atoms with Gasteiger partial charge >= 0.3 is 0 Å². The first-order chi connectivity index (χ1) is 7.08. The summed E-state index contributed by atoms with van der Waals surface area (Å²) in [5, 5.41) is 2.79. The third kappa shape index (κ3) is 2.10. The Kier molecular flexibility index (Phi) is 2.87. The van der Waals surface area contributed by atoms with Crippen molar-refractivity contribution in [1.29, 1.82) is 0 Å². The number of aromatic nitrogens is 3. The van der Waals surface area contributed by atoms with Crippen LogP contribution in [0.2, 0.25) is 0 Å². The number of nitrogens with zero attached hydrogens (tertiary/aromatic N) is 3. The van der Waals surface area contributed by atoms with Crippen molar-refractivity contribution < 1.29 is 0 Å². The maximum atomic E-state index is 5.78. The van der Waals surface area contributed by atoms with Crippen molar-refractivity contribution in [3.63, 3.8) is 0 Å². The zero-order valence-corrected chi connectivity index (χ0v) is 11.3. The molecule has 0 amide bonds. The van der Waals surface area contributed by atoms with Gasteiger partial charge in [-0.05, 0) is 36.4 Å². The molecular formula is C9H9IN4S. The highest BCUT2D eigenvalue weighted by Crippen LogP contribution is 2.23. The van der Waals surface area contributed by atoms with Crippen LogP contribution in [0.3, 0.4) is 0 Å². The molecule has 2 heterocycles. The average Bonchev–Trinajstić information content (AvgIpc) is 2.60. The van der Waals surface area contributed by atoms with Gasteiger partial charge in [0.1, 0.15) is 5.82 Å². The second kappa shape index (κ2) is 4.01. The molecule has 78 valence electrons. The summed E-state index contributed by atoms with van der Waals surface area (Å²) in [4.78, 5) is 12.9. The van der Waals surface area contributed by atoms with E-state index >= 15 is 0 Å². The Labute approximate surface area is 105 Å². The highest BCUT2D eigenvalue weighted by Gasteiger charge is 2.10. The molecule has 6 heteroatoms. The number of rotatable bonds is 1. The fraction of sp³-hybridized carbons (Fsp3) is 0.222. The predicted molar refractivity (Wildman–Crippen MR) is 69.7 cm³/mol. The van der Waals surface area contributed by atoms with Crippen LogP contribution in [0.1, 0.15) is 11.4 Å². The summed E-state index contributed by atoms with van der Waals surface area (Å²) in [6, 6.07) is 0. The standard InChI is InChI=1S/C9H9IN4S/c1-4-3-15-9(12-4)8-13-5(2)6(10)7(11)14-8/h3H,1-2H3,(H2,11,13,14). The lowest BCUT2D eigenvalue weighted by molar-refractivity contribution is 1.09. The molecule has 0 fully saturated rings. The molecule has 0 radical (unpaired) electrons. The number of aryl methyl sites for hydroxylation is 2. The first-order valence-corrected chi connectivity index (χ1v) is 6.26. The normalized spacial score (nSPS) is 10.6. The molecule has 2 aromatic rings. The van der Waals surface area contributed by atoms with Gasteiger partial charge in [-0.25, -0.2) is 15.0 Å². The summed E-state index contributed by atoms with van der Waals surface area (Å²) in [6.45, 7) is 3.87. The van der Waals surface area contributed by atoms with Crippen LogP contribution in [0, 0.1) is 17.4 Å². The number of hydrogen-bond donors (Lipinski definition) is 1. The Morgan fingerprint density at radius 1 is 1.27 bits per heavy atom. The minimum absolute atomic E-state index is 0.519. The summed E-state index contributed by atoms with van der Waals surface area (Å²) < 4.78 is 0.907. The summed E-state index contributed by atoms with van der Waals surface area (Å²) in [7, 11) is 0. The molecule has 15 heavy (non-hydrogen) atoms. The number of anilines is 1. The largest absolute Gasteiger partial charge is 0.383 e. The van der Waals surface area contributed by atoms with Crippen LogP contribution in [0.25, 0.3) is 10.8 Å². The van der Waals surface area contributed by atoms with E-state index < -0.39 is 0 Å². The van der Waals surface area contributed by atoms with Crippen molar-refractivity contribution >= 4 is 39.7 Å². The second-order valence-electron chi connectivity index (χ2n) is 3.13. The number of nitrogen functional groups attached to an aromatic ring is 1. The molecule has 2 rings (SSSR count). The molecule has 2 aromatic heterocycles. The highest BCUT2D eigenvalue weighted by atomic mass is 127. The van der Waals surface area contributed by atoms with Crippen LogP contribution >= 0.6 is 33.9 Å².